The molecule has 4 rings (SSSR count). The van der Waals surface area contributed by atoms with E-state index >= 15 is 0 Å². The molecule has 220 valence electrons. The lowest BCUT2D eigenvalue weighted by Gasteiger charge is -2.17. The standard InChI is InChI=1S/C34H29F3N2O4/c1-23(33(41)38-21-27-13-9-10-16-30(27)34(35,36)37)32(43-24(2)25-11-5-3-6-12-25)26-17-19-28(20-18-26)39-31(40)22-42-29-14-7-4-8-15-29/h3-20H,2,21-22H2,1H3,(H,38,41)(H,39,40)/b32-23+. The van der Waals surface area contributed by atoms with Crippen LogP contribution in [-0.2, 0) is 27.0 Å². The van der Waals surface area contributed by atoms with Crippen LogP contribution in [0.2, 0.25) is 0 Å². The first-order valence-electron chi connectivity index (χ1n) is 13.3. The molecule has 0 bridgehead atoms. The first kappa shape index (κ1) is 30.6. The predicted molar refractivity (Wildman–Crippen MR) is 159 cm³/mol. The number of anilines is 1. The molecule has 0 radical (unpaired) electrons. The summed E-state index contributed by atoms with van der Waals surface area (Å²) in [5, 5.41) is 5.31. The number of hydrogen-bond acceptors (Lipinski definition) is 4. The van der Waals surface area contributed by atoms with Gasteiger partial charge in [-0.15, -0.1) is 0 Å². The Morgan fingerprint density at radius 1 is 0.791 bits per heavy atom. The molecule has 9 heteroatoms. The molecule has 0 aliphatic carbocycles. The highest BCUT2D eigenvalue weighted by atomic mass is 19.4. The van der Waals surface area contributed by atoms with Crippen LogP contribution in [0.3, 0.4) is 0 Å². The summed E-state index contributed by atoms with van der Waals surface area (Å²) in [5.41, 5.74) is 0.877. The van der Waals surface area contributed by atoms with Crippen molar-refractivity contribution in [3.05, 3.63) is 144 Å². The van der Waals surface area contributed by atoms with Crippen molar-refractivity contribution in [1.82, 2.24) is 5.32 Å². The van der Waals surface area contributed by atoms with Crippen LogP contribution in [0.1, 0.15) is 29.2 Å². The lowest BCUT2D eigenvalue weighted by molar-refractivity contribution is -0.138. The summed E-state index contributed by atoms with van der Waals surface area (Å²) < 4.78 is 51.9. The zero-order chi connectivity index (χ0) is 30.8. The smallest absolute Gasteiger partial charge is 0.416 e. The van der Waals surface area contributed by atoms with Crippen LogP contribution in [0.4, 0.5) is 18.9 Å². The van der Waals surface area contributed by atoms with Crippen molar-refractivity contribution in [2.75, 3.05) is 11.9 Å². The average Bonchev–Trinajstić information content (AvgIpc) is 3.02. The van der Waals surface area contributed by atoms with E-state index in [9.17, 15) is 22.8 Å². The van der Waals surface area contributed by atoms with Gasteiger partial charge < -0.3 is 20.1 Å². The van der Waals surface area contributed by atoms with Crippen LogP contribution in [0.15, 0.2) is 121 Å². The summed E-state index contributed by atoms with van der Waals surface area (Å²) in [4.78, 5) is 25.6. The highest BCUT2D eigenvalue weighted by molar-refractivity contribution is 6.00. The molecule has 0 unspecified atom stereocenters. The third kappa shape index (κ3) is 8.59. The molecule has 2 N–H and O–H groups in total. The second-order valence-corrected chi connectivity index (χ2v) is 9.41. The Bertz CT molecular complexity index is 1600. The van der Waals surface area contributed by atoms with Crippen LogP contribution in [-0.4, -0.2) is 18.4 Å². The maximum atomic E-state index is 13.4. The van der Waals surface area contributed by atoms with Crippen LogP contribution >= 0.6 is 0 Å². The fraction of sp³-hybridized carbons (Fsp3) is 0.118. The van der Waals surface area contributed by atoms with Crippen LogP contribution < -0.4 is 15.4 Å². The van der Waals surface area contributed by atoms with Gasteiger partial charge in [0.2, 0.25) is 0 Å². The van der Waals surface area contributed by atoms with E-state index < -0.39 is 17.6 Å². The van der Waals surface area contributed by atoms with Crippen molar-refractivity contribution >= 4 is 29.0 Å². The number of para-hydroxylation sites is 1. The van der Waals surface area contributed by atoms with E-state index in [1.807, 2.05) is 24.3 Å². The maximum absolute atomic E-state index is 13.4. The lowest BCUT2D eigenvalue weighted by atomic mass is 10.1. The van der Waals surface area contributed by atoms with Gasteiger partial charge in [-0.3, -0.25) is 9.59 Å². The summed E-state index contributed by atoms with van der Waals surface area (Å²) in [6.07, 6.45) is -4.56. The van der Waals surface area contributed by atoms with Gasteiger partial charge >= 0.3 is 6.18 Å². The van der Waals surface area contributed by atoms with Gasteiger partial charge in [-0.1, -0.05) is 73.3 Å². The number of nitrogens with one attached hydrogen (secondary N) is 2. The van der Waals surface area contributed by atoms with Crippen LogP contribution in [0.25, 0.3) is 11.5 Å². The van der Waals surface area contributed by atoms with E-state index in [0.717, 1.165) is 6.07 Å². The van der Waals surface area contributed by atoms with E-state index in [2.05, 4.69) is 17.2 Å². The van der Waals surface area contributed by atoms with Crippen LogP contribution in [0.5, 0.6) is 5.75 Å². The largest absolute Gasteiger partial charge is 0.484 e. The fourth-order valence-corrected chi connectivity index (χ4v) is 4.09. The van der Waals surface area contributed by atoms with Gasteiger partial charge in [0.05, 0.1) is 11.1 Å². The third-order valence-electron chi connectivity index (χ3n) is 6.31. The summed E-state index contributed by atoms with van der Waals surface area (Å²) in [6.45, 7) is 4.97. The zero-order valence-electron chi connectivity index (χ0n) is 23.3. The fourth-order valence-electron chi connectivity index (χ4n) is 4.09. The minimum absolute atomic E-state index is 0.0661. The molecule has 2 amide bonds. The molecule has 0 saturated carbocycles. The Balaban J connectivity index is 1.53. The maximum Gasteiger partial charge on any atom is 0.416 e. The van der Waals surface area contributed by atoms with Crippen molar-refractivity contribution in [2.45, 2.75) is 19.6 Å². The number of carbonyl (C=O) groups excluding carboxylic acids is 2. The Morgan fingerprint density at radius 2 is 1.40 bits per heavy atom. The first-order chi connectivity index (χ1) is 20.6. The topological polar surface area (TPSA) is 76.7 Å². The first-order valence-corrected chi connectivity index (χ1v) is 13.3. The summed E-state index contributed by atoms with van der Waals surface area (Å²) in [6, 6.07) is 29.6. The second kappa shape index (κ2) is 14.0. The predicted octanol–water partition coefficient (Wildman–Crippen LogP) is 7.46. The van der Waals surface area contributed by atoms with Gasteiger partial charge in [0.1, 0.15) is 17.3 Å². The number of amides is 2. The summed E-state index contributed by atoms with van der Waals surface area (Å²) in [5.74, 6) is -0.00498. The molecule has 0 saturated heterocycles. The SMILES string of the molecule is C=C(O/C(=C(\C)C(=O)NCc1ccccc1C(F)(F)F)c1ccc(NC(=O)COc2ccccc2)cc1)c1ccccc1. The Kier molecular flexibility index (Phi) is 10.0. The Labute approximate surface area is 247 Å². The number of ether oxygens (including phenoxy) is 2. The number of hydrogen-bond donors (Lipinski definition) is 2. The van der Waals surface area contributed by atoms with Gasteiger partial charge in [-0.25, -0.2) is 0 Å². The molecule has 4 aromatic carbocycles. The third-order valence-corrected chi connectivity index (χ3v) is 6.31. The number of benzene rings is 4. The molecular weight excluding hydrogens is 557 g/mol. The van der Waals surface area contributed by atoms with Crippen molar-refractivity contribution in [2.24, 2.45) is 0 Å². The quantitative estimate of drug-likeness (QED) is 0.141. The van der Waals surface area contributed by atoms with Crippen molar-refractivity contribution in [1.29, 1.82) is 0 Å². The van der Waals surface area contributed by atoms with E-state index in [0.29, 0.717) is 22.6 Å². The van der Waals surface area contributed by atoms with Crippen molar-refractivity contribution in [3.8, 4) is 5.75 Å². The number of rotatable bonds is 11. The van der Waals surface area contributed by atoms with Gasteiger partial charge in [-0.2, -0.15) is 13.2 Å². The number of carbonyl (C=O) groups is 2. The zero-order valence-corrected chi connectivity index (χ0v) is 23.3. The minimum atomic E-state index is -4.56. The van der Waals surface area contributed by atoms with E-state index in [1.54, 1.807) is 60.7 Å². The molecule has 0 fully saturated rings. The van der Waals surface area contributed by atoms with Gasteiger partial charge in [0, 0.05) is 23.4 Å². The molecular formula is C34H29F3N2O4. The highest BCUT2D eigenvalue weighted by Crippen LogP contribution is 2.32. The molecule has 0 atom stereocenters. The molecule has 0 heterocycles. The second-order valence-electron chi connectivity index (χ2n) is 9.41. The lowest BCUT2D eigenvalue weighted by Crippen LogP contribution is -2.26. The van der Waals surface area contributed by atoms with Crippen LogP contribution in [0, 0.1) is 0 Å². The summed E-state index contributed by atoms with van der Waals surface area (Å²) in [7, 11) is 0. The molecule has 0 spiro atoms. The number of alkyl halides is 3. The van der Waals surface area contributed by atoms with Gasteiger partial charge in [-0.05, 0) is 55.0 Å². The molecule has 4 aromatic rings. The van der Waals surface area contributed by atoms with E-state index in [1.165, 1.54) is 25.1 Å². The van der Waals surface area contributed by atoms with E-state index in [-0.39, 0.29) is 41.7 Å². The highest BCUT2D eigenvalue weighted by Gasteiger charge is 2.33. The average molecular weight is 587 g/mol. The van der Waals surface area contributed by atoms with Crippen molar-refractivity contribution < 1.29 is 32.2 Å². The minimum Gasteiger partial charge on any atom is -0.484 e. The number of halogens is 3. The molecule has 0 aliphatic heterocycles. The monoisotopic (exact) mass is 586 g/mol. The molecule has 0 aliphatic rings. The molecule has 0 aromatic heterocycles. The van der Waals surface area contributed by atoms with E-state index in [4.69, 9.17) is 9.47 Å². The van der Waals surface area contributed by atoms with Gasteiger partial charge in [0.15, 0.2) is 6.61 Å². The molecule has 6 nitrogen and oxygen atoms in total. The van der Waals surface area contributed by atoms with Gasteiger partial charge in [0.25, 0.3) is 11.8 Å². The Morgan fingerprint density at radius 3 is 2.05 bits per heavy atom. The normalized spacial score (nSPS) is 11.6. The molecule has 43 heavy (non-hydrogen) atoms. The summed E-state index contributed by atoms with van der Waals surface area (Å²) >= 11 is 0. The van der Waals surface area contributed by atoms with Crippen molar-refractivity contribution in [3.63, 3.8) is 0 Å². The Hall–Kier alpha value is -5.31.